The third kappa shape index (κ3) is 3.37. The number of hydrogen-bond donors (Lipinski definition) is 1. The standard InChI is InChI=1S/C19H24N2O4S/c1-24-15-8-5-12(9-16(15)25-2)19-21(18(23)11-3-4-11)14(10-26-19)17(22)20-13-6-7-13/h5,8-9,11,13-14,19H,3-4,6-7,10H2,1-2H3,(H,20,22). The van der Waals surface area contributed by atoms with E-state index in [2.05, 4.69) is 5.32 Å². The van der Waals surface area contributed by atoms with E-state index < -0.39 is 6.04 Å². The van der Waals surface area contributed by atoms with Gasteiger partial charge in [0.25, 0.3) is 0 Å². The Morgan fingerprint density at radius 2 is 1.85 bits per heavy atom. The van der Waals surface area contributed by atoms with E-state index in [0.717, 1.165) is 31.2 Å². The summed E-state index contributed by atoms with van der Waals surface area (Å²) in [7, 11) is 3.20. The smallest absolute Gasteiger partial charge is 0.243 e. The van der Waals surface area contributed by atoms with Crippen LogP contribution in [0, 0.1) is 5.92 Å². The van der Waals surface area contributed by atoms with Crippen molar-refractivity contribution in [2.45, 2.75) is 43.1 Å². The molecule has 0 spiro atoms. The Balaban J connectivity index is 1.61. The quantitative estimate of drug-likeness (QED) is 0.825. The molecule has 2 aliphatic carbocycles. The van der Waals surface area contributed by atoms with Gasteiger partial charge in [0.15, 0.2) is 11.5 Å². The summed E-state index contributed by atoms with van der Waals surface area (Å²) in [4.78, 5) is 27.5. The second kappa shape index (κ2) is 7.02. The van der Waals surface area contributed by atoms with Crippen molar-refractivity contribution in [1.29, 1.82) is 0 Å². The Labute approximate surface area is 157 Å². The number of rotatable bonds is 6. The maximum Gasteiger partial charge on any atom is 0.243 e. The summed E-state index contributed by atoms with van der Waals surface area (Å²) in [6.07, 6.45) is 3.94. The number of carbonyl (C=O) groups excluding carboxylic acids is 2. The van der Waals surface area contributed by atoms with E-state index in [1.807, 2.05) is 18.2 Å². The predicted molar refractivity (Wildman–Crippen MR) is 99.3 cm³/mol. The van der Waals surface area contributed by atoms with Crippen molar-refractivity contribution >= 4 is 23.6 Å². The molecule has 3 fully saturated rings. The van der Waals surface area contributed by atoms with Crippen LogP contribution in [-0.4, -0.2) is 48.8 Å². The summed E-state index contributed by atoms with van der Waals surface area (Å²) in [5.41, 5.74) is 0.961. The largest absolute Gasteiger partial charge is 0.493 e. The Morgan fingerprint density at radius 3 is 2.46 bits per heavy atom. The van der Waals surface area contributed by atoms with Gasteiger partial charge in [-0.25, -0.2) is 0 Å². The molecule has 1 heterocycles. The van der Waals surface area contributed by atoms with Crippen LogP contribution >= 0.6 is 11.8 Å². The molecule has 0 radical (unpaired) electrons. The Kier molecular flexibility index (Phi) is 4.73. The zero-order valence-electron chi connectivity index (χ0n) is 15.1. The summed E-state index contributed by atoms with van der Waals surface area (Å²) < 4.78 is 10.7. The van der Waals surface area contributed by atoms with E-state index in [-0.39, 0.29) is 23.1 Å². The van der Waals surface area contributed by atoms with Crippen molar-refractivity contribution < 1.29 is 19.1 Å². The lowest BCUT2D eigenvalue weighted by Gasteiger charge is -2.29. The number of thioether (sulfide) groups is 1. The summed E-state index contributed by atoms with van der Waals surface area (Å²) in [6.45, 7) is 0. The summed E-state index contributed by atoms with van der Waals surface area (Å²) >= 11 is 1.64. The van der Waals surface area contributed by atoms with Gasteiger partial charge >= 0.3 is 0 Å². The van der Waals surface area contributed by atoms with Crippen molar-refractivity contribution in [3.05, 3.63) is 23.8 Å². The molecule has 4 rings (SSSR count). The van der Waals surface area contributed by atoms with Crippen LogP contribution in [0.3, 0.4) is 0 Å². The fraction of sp³-hybridized carbons (Fsp3) is 0.579. The second-order valence-corrected chi connectivity index (χ2v) is 8.23. The van der Waals surface area contributed by atoms with Crippen LogP contribution in [0.15, 0.2) is 18.2 Å². The molecule has 2 atom stereocenters. The highest BCUT2D eigenvalue weighted by atomic mass is 32.2. The van der Waals surface area contributed by atoms with E-state index in [1.54, 1.807) is 30.9 Å². The number of ether oxygens (including phenoxy) is 2. The molecule has 1 saturated heterocycles. The molecule has 2 saturated carbocycles. The molecular formula is C19H24N2O4S. The van der Waals surface area contributed by atoms with Crippen LogP contribution < -0.4 is 14.8 Å². The van der Waals surface area contributed by atoms with Crippen molar-refractivity contribution in [3.8, 4) is 11.5 Å². The zero-order valence-corrected chi connectivity index (χ0v) is 15.9. The molecule has 3 aliphatic rings. The molecule has 2 unspecified atom stereocenters. The summed E-state index contributed by atoms with van der Waals surface area (Å²) in [6, 6.07) is 5.61. The Hall–Kier alpha value is -1.89. The van der Waals surface area contributed by atoms with Crippen LogP contribution in [0.4, 0.5) is 0 Å². The van der Waals surface area contributed by atoms with Crippen LogP contribution in [-0.2, 0) is 9.59 Å². The summed E-state index contributed by atoms with van der Waals surface area (Å²) in [5, 5.41) is 2.89. The molecule has 0 bridgehead atoms. The molecule has 26 heavy (non-hydrogen) atoms. The maximum atomic E-state index is 13.0. The highest BCUT2D eigenvalue weighted by Crippen LogP contribution is 2.46. The molecule has 2 amide bonds. The van der Waals surface area contributed by atoms with Crippen LogP contribution in [0.1, 0.15) is 36.6 Å². The van der Waals surface area contributed by atoms with Crippen molar-refractivity contribution in [2.24, 2.45) is 5.92 Å². The second-order valence-electron chi connectivity index (χ2n) is 7.12. The van der Waals surface area contributed by atoms with E-state index >= 15 is 0 Å². The van der Waals surface area contributed by atoms with Gasteiger partial charge in [0.2, 0.25) is 11.8 Å². The van der Waals surface area contributed by atoms with Gasteiger partial charge in [-0.3, -0.25) is 9.59 Å². The highest BCUT2D eigenvalue weighted by molar-refractivity contribution is 7.99. The van der Waals surface area contributed by atoms with Gasteiger partial charge in [-0.1, -0.05) is 6.07 Å². The lowest BCUT2D eigenvalue weighted by atomic mass is 10.1. The fourth-order valence-electron chi connectivity index (χ4n) is 3.31. The van der Waals surface area contributed by atoms with E-state index in [4.69, 9.17) is 9.47 Å². The van der Waals surface area contributed by atoms with Gasteiger partial charge in [0, 0.05) is 17.7 Å². The average Bonchev–Trinajstić information content (AvgIpc) is 3.58. The topological polar surface area (TPSA) is 67.9 Å². The number of nitrogens with zero attached hydrogens (tertiary/aromatic N) is 1. The van der Waals surface area contributed by atoms with Gasteiger partial charge in [-0.15, -0.1) is 11.8 Å². The summed E-state index contributed by atoms with van der Waals surface area (Å²) in [5.74, 6) is 2.07. The third-order valence-corrected chi connectivity index (χ3v) is 6.42. The van der Waals surface area contributed by atoms with Crippen molar-refractivity contribution in [1.82, 2.24) is 10.2 Å². The average molecular weight is 376 g/mol. The van der Waals surface area contributed by atoms with Gasteiger partial charge < -0.3 is 19.7 Å². The molecule has 1 aromatic rings. The molecule has 7 heteroatoms. The number of hydrogen-bond acceptors (Lipinski definition) is 5. The lowest BCUT2D eigenvalue weighted by Crippen LogP contribution is -2.49. The van der Waals surface area contributed by atoms with Crippen molar-refractivity contribution in [3.63, 3.8) is 0 Å². The number of methoxy groups -OCH3 is 2. The first-order valence-corrected chi connectivity index (χ1v) is 10.1. The highest BCUT2D eigenvalue weighted by Gasteiger charge is 2.47. The number of benzene rings is 1. The maximum absolute atomic E-state index is 13.0. The lowest BCUT2D eigenvalue weighted by molar-refractivity contribution is -0.140. The third-order valence-electron chi connectivity index (χ3n) is 5.10. The minimum absolute atomic E-state index is 0.0167. The normalized spacial score (nSPS) is 25.1. The monoisotopic (exact) mass is 376 g/mol. The number of amides is 2. The SMILES string of the molecule is COc1ccc(C2SCC(C(=O)NC3CC3)N2C(=O)C2CC2)cc1OC. The van der Waals surface area contributed by atoms with Gasteiger partial charge in [-0.2, -0.15) is 0 Å². The molecule has 0 aromatic heterocycles. The molecule has 1 aromatic carbocycles. The van der Waals surface area contributed by atoms with Gasteiger partial charge in [0.05, 0.1) is 14.2 Å². The van der Waals surface area contributed by atoms with E-state index in [0.29, 0.717) is 23.3 Å². The first-order valence-electron chi connectivity index (χ1n) is 9.08. The van der Waals surface area contributed by atoms with Crippen LogP contribution in [0.5, 0.6) is 11.5 Å². The molecular weight excluding hydrogens is 352 g/mol. The van der Waals surface area contributed by atoms with Gasteiger partial charge in [-0.05, 0) is 43.4 Å². The Bertz CT molecular complexity index is 717. The van der Waals surface area contributed by atoms with E-state index in [9.17, 15) is 9.59 Å². The first kappa shape index (κ1) is 17.5. The molecule has 140 valence electrons. The zero-order chi connectivity index (χ0) is 18.3. The molecule has 1 aliphatic heterocycles. The van der Waals surface area contributed by atoms with E-state index in [1.165, 1.54) is 0 Å². The number of nitrogens with one attached hydrogen (secondary N) is 1. The first-order chi connectivity index (χ1) is 12.6. The Morgan fingerprint density at radius 1 is 1.12 bits per heavy atom. The minimum atomic E-state index is -0.396. The van der Waals surface area contributed by atoms with Crippen LogP contribution in [0.25, 0.3) is 0 Å². The van der Waals surface area contributed by atoms with Crippen LogP contribution in [0.2, 0.25) is 0 Å². The van der Waals surface area contributed by atoms with Gasteiger partial charge in [0.1, 0.15) is 11.4 Å². The number of carbonyl (C=O) groups is 2. The van der Waals surface area contributed by atoms with Crippen molar-refractivity contribution in [2.75, 3.05) is 20.0 Å². The molecule has 6 nitrogen and oxygen atoms in total. The fourth-order valence-corrected chi connectivity index (χ4v) is 4.73. The predicted octanol–water partition coefficient (Wildman–Crippen LogP) is 2.33. The molecule has 1 N–H and O–H groups in total. The minimum Gasteiger partial charge on any atom is -0.493 e.